The highest BCUT2D eigenvalue weighted by Gasteiger charge is 2.26. The lowest BCUT2D eigenvalue weighted by atomic mass is 10.1. The molecule has 0 spiro atoms. The number of hydroxylamine groups is 2. The Balaban J connectivity index is 2.57. The summed E-state index contributed by atoms with van der Waals surface area (Å²) in [6, 6.07) is 8.05. The van der Waals surface area contributed by atoms with E-state index in [1.165, 1.54) is 0 Å². The standard InChI is InChI=1S/C13H19NO4/c1-2-3-9-18-13(15)12(14(16)17)10-11-7-5-4-6-8-11/h4-8,12,16-17H,2-3,9-10H2,1H3. The van der Waals surface area contributed by atoms with Crippen LogP contribution in [0.3, 0.4) is 0 Å². The third kappa shape index (κ3) is 4.83. The molecule has 1 aromatic rings. The third-order valence-corrected chi connectivity index (χ3v) is 2.56. The molecule has 100 valence electrons. The van der Waals surface area contributed by atoms with E-state index in [1.807, 2.05) is 37.3 Å². The molecule has 0 heterocycles. The van der Waals surface area contributed by atoms with E-state index in [4.69, 9.17) is 15.2 Å². The van der Waals surface area contributed by atoms with Gasteiger partial charge in [-0.2, -0.15) is 0 Å². The minimum atomic E-state index is -1.09. The molecule has 1 aromatic carbocycles. The van der Waals surface area contributed by atoms with Gasteiger partial charge in [-0.05, 0) is 12.0 Å². The first-order valence-electron chi connectivity index (χ1n) is 6.02. The molecule has 0 aliphatic heterocycles. The van der Waals surface area contributed by atoms with Gasteiger partial charge in [-0.3, -0.25) is 15.2 Å². The van der Waals surface area contributed by atoms with Crippen molar-refractivity contribution in [2.75, 3.05) is 6.61 Å². The second-order valence-electron chi connectivity index (χ2n) is 4.05. The number of esters is 1. The smallest absolute Gasteiger partial charge is 0.328 e. The molecule has 0 radical (unpaired) electrons. The van der Waals surface area contributed by atoms with Gasteiger partial charge >= 0.3 is 5.97 Å². The summed E-state index contributed by atoms with van der Waals surface area (Å²) in [5, 5.41) is 18.1. The largest absolute Gasteiger partial charge is 0.464 e. The number of ether oxygens (including phenoxy) is 1. The first-order valence-corrected chi connectivity index (χ1v) is 6.02. The van der Waals surface area contributed by atoms with Crippen LogP contribution in [-0.2, 0) is 16.0 Å². The van der Waals surface area contributed by atoms with Crippen molar-refractivity contribution < 1.29 is 19.9 Å². The minimum Gasteiger partial charge on any atom is -0.464 e. The fourth-order valence-corrected chi connectivity index (χ4v) is 1.51. The Bertz CT molecular complexity index is 353. The monoisotopic (exact) mass is 253 g/mol. The summed E-state index contributed by atoms with van der Waals surface area (Å²) in [6.07, 6.45) is 1.87. The maximum atomic E-state index is 11.7. The van der Waals surface area contributed by atoms with Crippen LogP contribution in [0.15, 0.2) is 30.3 Å². The molecule has 1 unspecified atom stereocenters. The van der Waals surface area contributed by atoms with Crippen LogP contribution in [-0.4, -0.2) is 34.3 Å². The molecule has 0 aliphatic carbocycles. The van der Waals surface area contributed by atoms with Crippen molar-refractivity contribution in [3.05, 3.63) is 35.9 Å². The highest BCUT2D eigenvalue weighted by Crippen LogP contribution is 2.08. The summed E-state index contributed by atoms with van der Waals surface area (Å²) < 4.78 is 4.98. The second-order valence-corrected chi connectivity index (χ2v) is 4.05. The highest BCUT2D eigenvalue weighted by atomic mass is 16.8. The summed E-state index contributed by atoms with van der Waals surface area (Å²) >= 11 is 0. The lowest BCUT2D eigenvalue weighted by molar-refractivity contribution is -0.327. The quantitative estimate of drug-likeness (QED) is 0.442. The number of carbonyl (C=O) groups excluding carboxylic acids is 1. The van der Waals surface area contributed by atoms with E-state index in [0.717, 1.165) is 18.4 Å². The Kier molecular flexibility index (Phi) is 6.35. The minimum absolute atomic E-state index is 0.0821. The van der Waals surface area contributed by atoms with Gasteiger partial charge in [0.25, 0.3) is 0 Å². The van der Waals surface area contributed by atoms with Crippen LogP contribution < -0.4 is 0 Å². The molecule has 0 saturated carbocycles. The third-order valence-electron chi connectivity index (χ3n) is 2.56. The molecule has 0 amide bonds. The van der Waals surface area contributed by atoms with Crippen LogP contribution >= 0.6 is 0 Å². The molecule has 1 rings (SSSR count). The summed E-state index contributed by atoms with van der Waals surface area (Å²) in [5.74, 6) is -0.627. The lowest BCUT2D eigenvalue weighted by Crippen LogP contribution is -2.39. The maximum absolute atomic E-state index is 11.7. The number of hydrogen-bond acceptors (Lipinski definition) is 5. The van der Waals surface area contributed by atoms with Crippen molar-refractivity contribution in [1.82, 2.24) is 5.23 Å². The molecule has 0 aromatic heterocycles. The number of rotatable bonds is 7. The van der Waals surface area contributed by atoms with Gasteiger partial charge in [-0.25, -0.2) is 0 Å². The van der Waals surface area contributed by atoms with Gasteiger partial charge in [0.15, 0.2) is 6.04 Å². The van der Waals surface area contributed by atoms with E-state index < -0.39 is 12.0 Å². The maximum Gasteiger partial charge on any atom is 0.328 e. The lowest BCUT2D eigenvalue weighted by Gasteiger charge is -2.19. The topological polar surface area (TPSA) is 70.0 Å². The number of benzene rings is 1. The fourth-order valence-electron chi connectivity index (χ4n) is 1.51. The Morgan fingerprint density at radius 1 is 1.33 bits per heavy atom. The van der Waals surface area contributed by atoms with E-state index in [1.54, 1.807) is 0 Å². The van der Waals surface area contributed by atoms with Crippen molar-refractivity contribution in [2.45, 2.75) is 32.2 Å². The second kappa shape index (κ2) is 7.81. The van der Waals surface area contributed by atoms with Crippen LogP contribution in [0, 0.1) is 0 Å². The number of carbonyl (C=O) groups is 1. The summed E-state index contributed by atoms with van der Waals surface area (Å²) in [5.41, 5.74) is 0.836. The molecule has 0 saturated heterocycles. The first kappa shape index (κ1) is 14.6. The molecule has 0 bridgehead atoms. The Hall–Kier alpha value is -1.43. The average Bonchev–Trinajstić information content (AvgIpc) is 2.37. The van der Waals surface area contributed by atoms with Crippen molar-refractivity contribution in [3.63, 3.8) is 0 Å². The van der Waals surface area contributed by atoms with Gasteiger partial charge in [0.1, 0.15) is 0 Å². The van der Waals surface area contributed by atoms with Gasteiger partial charge < -0.3 is 4.74 Å². The van der Waals surface area contributed by atoms with Crippen LogP contribution in [0.5, 0.6) is 0 Å². The zero-order chi connectivity index (χ0) is 13.4. The van der Waals surface area contributed by atoms with E-state index in [-0.39, 0.29) is 11.6 Å². The van der Waals surface area contributed by atoms with Crippen molar-refractivity contribution in [1.29, 1.82) is 0 Å². The van der Waals surface area contributed by atoms with E-state index in [0.29, 0.717) is 6.61 Å². The zero-order valence-electron chi connectivity index (χ0n) is 10.5. The van der Waals surface area contributed by atoms with Crippen molar-refractivity contribution in [2.24, 2.45) is 0 Å². The van der Waals surface area contributed by atoms with Crippen molar-refractivity contribution in [3.8, 4) is 0 Å². The predicted octanol–water partition coefficient (Wildman–Crippen LogP) is 2.02. The van der Waals surface area contributed by atoms with Crippen LogP contribution in [0.2, 0.25) is 0 Å². The molecule has 5 heteroatoms. The van der Waals surface area contributed by atoms with Gasteiger partial charge in [-0.15, -0.1) is 0 Å². The molecule has 1 atom stereocenters. The zero-order valence-corrected chi connectivity index (χ0v) is 10.5. The first-order chi connectivity index (χ1) is 8.65. The van der Waals surface area contributed by atoms with E-state index in [9.17, 15) is 4.79 Å². The Morgan fingerprint density at radius 3 is 2.56 bits per heavy atom. The van der Waals surface area contributed by atoms with Crippen LogP contribution in [0.1, 0.15) is 25.3 Å². The normalized spacial score (nSPS) is 12.4. The van der Waals surface area contributed by atoms with Crippen LogP contribution in [0.4, 0.5) is 0 Å². The number of unbranched alkanes of at least 4 members (excludes halogenated alkanes) is 1. The highest BCUT2D eigenvalue weighted by molar-refractivity contribution is 5.75. The summed E-state index contributed by atoms with van der Waals surface area (Å²) in [7, 11) is 0. The predicted molar refractivity (Wildman–Crippen MR) is 65.2 cm³/mol. The Morgan fingerprint density at radius 2 is 2.00 bits per heavy atom. The van der Waals surface area contributed by atoms with Gasteiger partial charge in [0, 0.05) is 6.42 Å². The molecule has 2 N–H and O–H groups in total. The molecule has 0 aliphatic rings. The summed E-state index contributed by atoms with van der Waals surface area (Å²) in [4.78, 5) is 11.7. The van der Waals surface area contributed by atoms with Crippen LogP contribution in [0.25, 0.3) is 0 Å². The van der Waals surface area contributed by atoms with Gasteiger partial charge in [0.2, 0.25) is 0 Å². The van der Waals surface area contributed by atoms with Gasteiger partial charge in [0.05, 0.1) is 6.61 Å². The number of hydrogen-bond donors (Lipinski definition) is 2. The molecule has 0 fully saturated rings. The van der Waals surface area contributed by atoms with E-state index in [2.05, 4.69) is 0 Å². The molecular weight excluding hydrogens is 234 g/mol. The van der Waals surface area contributed by atoms with Crippen molar-refractivity contribution >= 4 is 5.97 Å². The number of nitrogens with zero attached hydrogens (tertiary/aromatic N) is 1. The van der Waals surface area contributed by atoms with E-state index >= 15 is 0 Å². The molecule has 18 heavy (non-hydrogen) atoms. The molecule has 5 nitrogen and oxygen atoms in total. The van der Waals surface area contributed by atoms with Gasteiger partial charge in [-0.1, -0.05) is 48.9 Å². The SMILES string of the molecule is CCCCOC(=O)C(Cc1ccccc1)N(O)O. The average molecular weight is 253 g/mol. The fraction of sp³-hybridized carbons (Fsp3) is 0.462. The summed E-state index contributed by atoms with van der Waals surface area (Å²) in [6.45, 7) is 2.29. The Labute approximate surface area is 107 Å². The molecular formula is C13H19NO4.